The molecule has 1 saturated heterocycles. The Labute approximate surface area is 94.5 Å². The molecule has 2 rings (SSSR count). The first-order valence-corrected chi connectivity index (χ1v) is 6.44. The summed E-state index contributed by atoms with van der Waals surface area (Å²) in [7, 11) is 0. The Kier molecular flexibility index (Phi) is 3.52. The molecule has 0 aliphatic carbocycles. The Balaban J connectivity index is 2.01. The lowest BCUT2D eigenvalue weighted by atomic mass is 10.1. The Morgan fingerprint density at radius 2 is 2.33 bits per heavy atom. The van der Waals surface area contributed by atoms with Crippen LogP contribution < -0.4 is 5.32 Å². The van der Waals surface area contributed by atoms with Crippen molar-refractivity contribution in [2.45, 2.75) is 31.1 Å². The van der Waals surface area contributed by atoms with Crippen molar-refractivity contribution in [3.05, 3.63) is 30.1 Å². The highest BCUT2D eigenvalue weighted by Crippen LogP contribution is 2.27. The first kappa shape index (κ1) is 10.8. The van der Waals surface area contributed by atoms with E-state index in [-0.39, 0.29) is 5.82 Å². The summed E-state index contributed by atoms with van der Waals surface area (Å²) in [4.78, 5) is 0. The van der Waals surface area contributed by atoms with Gasteiger partial charge in [0, 0.05) is 17.0 Å². The van der Waals surface area contributed by atoms with Crippen LogP contribution in [0.25, 0.3) is 0 Å². The third kappa shape index (κ3) is 2.88. The molecule has 1 aromatic rings. The Bertz CT molecular complexity index is 329. The highest BCUT2D eigenvalue weighted by Gasteiger charge is 2.21. The zero-order valence-electron chi connectivity index (χ0n) is 8.87. The molecule has 0 radical (unpaired) electrons. The van der Waals surface area contributed by atoms with Gasteiger partial charge in [0.25, 0.3) is 0 Å². The maximum absolute atomic E-state index is 13.0. The zero-order valence-corrected chi connectivity index (χ0v) is 9.69. The summed E-state index contributed by atoms with van der Waals surface area (Å²) >= 11 is 1.99. The molecular formula is C12H16FNS. The van der Waals surface area contributed by atoms with Gasteiger partial charge in [-0.1, -0.05) is 13.0 Å². The molecular weight excluding hydrogens is 209 g/mol. The molecule has 1 aliphatic heterocycles. The molecule has 0 amide bonds. The van der Waals surface area contributed by atoms with Gasteiger partial charge in [-0.05, 0) is 36.8 Å². The maximum Gasteiger partial charge on any atom is 0.125 e. The van der Waals surface area contributed by atoms with Crippen LogP contribution in [0.2, 0.25) is 0 Å². The predicted molar refractivity (Wildman–Crippen MR) is 65.0 cm³/mol. The van der Waals surface area contributed by atoms with Gasteiger partial charge in [-0.2, -0.15) is 11.8 Å². The van der Waals surface area contributed by atoms with Crippen LogP contribution >= 0.6 is 11.8 Å². The van der Waals surface area contributed by atoms with E-state index in [0.29, 0.717) is 11.3 Å². The fourth-order valence-electron chi connectivity index (χ4n) is 1.91. The minimum absolute atomic E-state index is 0.170. The molecule has 2 atom stereocenters. The Morgan fingerprint density at radius 3 is 3.07 bits per heavy atom. The molecule has 1 nitrogen and oxygen atoms in total. The van der Waals surface area contributed by atoms with E-state index in [1.807, 2.05) is 17.8 Å². The molecule has 15 heavy (non-hydrogen) atoms. The van der Waals surface area contributed by atoms with Crippen molar-refractivity contribution in [1.82, 2.24) is 0 Å². The van der Waals surface area contributed by atoms with Crippen LogP contribution in [-0.4, -0.2) is 17.0 Å². The van der Waals surface area contributed by atoms with Crippen molar-refractivity contribution >= 4 is 17.4 Å². The molecule has 0 spiro atoms. The van der Waals surface area contributed by atoms with Crippen molar-refractivity contribution in [3.8, 4) is 0 Å². The number of hydrogen-bond acceptors (Lipinski definition) is 2. The molecule has 2 unspecified atom stereocenters. The molecule has 0 aromatic heterocycles. The third-order valence-corrected chi connectivity index (χ3v) is 4.16. The molecule has 82 valence electrons. The van der Waals surface area contributed by atoms with Gasteiger partial charge in [0.05, 0.1) is 0 Å². The minimum Gasteiger partial charge on any atom is -0.381 e. The van der Waals surface area contributed by atoms with Gasteiger partial charge in [-0.25, -0.2) is 4.39 Å². The van der Waals surface area contributed by atoms with Crippen molar-refractivity contribution in [3.63, 3.8) is 0 Å². The number of rotatable bonds is 2. The Morgan fingerprint density at radius 1 is 1.47 bits per heavy atom. The first-order valence-electron chi connectivity index (χ1n) is 5.39. The van der Waals surface area contributed by atoms with E-state index in [4.69, 9.17) is 0 Å². The average Bonchev–Trinajstić information content (AvgIpc) is 2.22. The summed E-state index contributed by atoms with van der Waals surface area (Å²) in [6.45, 7) is 2.24. The fraction of sp³-hybridized carbons (Fsp3) is 0.500. The van der Waals surface area contributed by atoms with Crippen molar-refractivity contribution in [2.24, 2.45) is 0 Å². The van der Waals surface area contributed by atoms with E-state index in [1.54, 1.807) is 12.1 Å². The largest absolute Gasteiger partial charge is 0.381 e. The summed E-state index contributed by atoms with van der Waals surface area (Å²) in [6.07, 6.45) is 2.44. The van der Waals surface area contributed by atoms with Crippen LogP contribution in [0.1, 0.15) is 19.8 Å². The lowest BCUT2D eigenvalue weighted by molar-refractivity contribution is 0.611. The summed E-state index contributed by atoms with van der Waals surface area (Å²) in [5.74, 6) is 1.08. The van der Waals surface area contributed by atoms with Crippen molar-refractivity contribution < 1.29 is 4.39 Å². The van der Waals surface area contributed by atoms with Gasteiger partial charge in [0.1, 0.15) is 5.82 Å². The molecule has 1 aromatic carbocycles. The van der Waals surface area contributed by atoms with E-state index in [2.05, 4.69) is 12.2 Å². The minimum atomic E-state index is -0.170. The maximum atomic E-state index is 13.0. The van der Waals surface area contributed by atoms with E-state index in [0.717, 1.165) is 5.69 Å². The predicted octanol–water partition coefficient (Wildman–Crippen LogP) is 3.52. The zero-order chi connectivity index (χ0) is 10.7. The third-order valence-electron chi connectivity index (χ3n) is 2.78. The van der Waals surface area contributed by atoms with Gasteiger partial charge < -0.3 is 5.32 Å². The summed E-state index contributed by atoms with van der Waals surface area (Å²) in [6, 6.07) is 7.19. The topological polar surface area (TPSA) is 12.0 Å². The number of thioether (sulfide) groups is 1. The van der Waals surface area contributed by atoms with Gasteiger partial charge >= 0.3 is 0 Å². The smallest absolute Gasteiger partial charge is 0.125 e. The normalized spacial score (nSPS) is 26.3. The van der Waals surface area contributed by atoms with Gasteiger partial charge in [0.15, 0.2) is 0 Å². The van der Waals surface area contributed by atoms with Crippen LogP contribution in [0.5, 0.6) is 0 Å². The van der Waals surface area contributed by atoms with E-state index in [1.165, 1.54) is 24.7 Å². The van der Waals surface area contributed by atoms with Gasteiger partial charge in [-0.3, -0.25) is 0 Å². The second kappa shape index (κ2) is 4.88. The summed E-state index contributed by atoms with van der Waals surface area (Å²) < 4.78 is 13.0. The average molecular weight is 225 g/mol. The molecule has 1 fully saturated rings. The molecule has 1 heterocycles. The number of nitrogens with one attached hydrogen (secondary N) is 1. The second-order valence-corrected chi connectivity index (χ2v) is 5.46. The van der Waals surface area contributed by atoms with Crippen molar-refractivity contribution in [1.29, 1.82) is 0 Å². The summed E-state index contributed by atoms with van der Waals surface area (Å²) in [5, 5.41) is 4.02. The van der Waals surface area contributed by atoms with Gasteiger partial charge in [0.2, 0.25) is 0 Å². The lowest BCUT2D eigenvalue weighted by Crippen LogP contribution is -2.32. The number of halogens is 1. The number of benzene rings is 1. The van der Waals surface area contributed by atoms with Crippen LogP contribution in [0.4, 0.5) is 10.1 Å². The van der Waals surface area contributed by atoms with Gasteiger partial charge in [-0.15, -0.1) is 0 Å². The highest BCUT2D eigenvalue weighted by molar-refractivity contribution is 8.00. The molecule has 1 N–H and O–H groups in total. The second-order valence-electron chi connectivity index (χ2n) is 3.98. The van der Waals surface area contributed by atoms with E-state index >= 15 is 0 Å². The van der Waals surface area contributed by atoms with E-state index < -0.39 is 0 Å². The van der Waals surface area contributed by atoms with Crippen LogP contribution in [-0.2, 0) is 0 Å². The van der Waals surface area contributed by atoms with Crippen LogP contribution in [0.3, 0.4) is 0 Å². The molecule has 0 bridgehead atoms. The lowest BCUT2D eigenvalue weighted by Gasteiger charge is -2.29. The van der Waals surface area contributed by atoms with Crippen LogP contribution in [0.15, 0.2) is 24.3 Å². The van der Waals surface area contributed by atoms with Crippen LogP contribution in [0, 0.1) is 5.82 Å². The quantitative estimate of drug-likeness (QED) is 0.826. The molecule has 3 heteroatoms. The monoisotopic (exact) mass is 225 g/mol. The SMILES string of the molecule is CC1SCCCC1Nc1cccc(F)c1. The first-order chi connectivity index (χ1) is 7.25. The standard InChI is InChI=1S/C12H16FNS/c1-9-12(6-3-7-15-9)14-11-5-2-4-10(13)8-11/h2,4-5,8-9,12,14H,3,6-7H2,1H3. The highest BCUT2D eigenvalue weighted by atomic mass is 32.2. The van der Waals surface area contributed by atoms with E-state index in [9.17, 15) is 4.39 Å². The Hall–Kier alpha value is -0.700. The fourth-order valence-corrected chi connectivity index (χ4v) is 3.05. The summed E-state index contributed by atoms with van der Waals surface area (Å²) in [5.41, 5.74) is 0.898. The number of anilines is 1. The molecule has 0 saturated carbocycles. The van der Waals surface area contributed by atoms with Crippen molar-refractivity contribution in [2.75, 3.05) is 11.1 Å². The molecule has 1 aliphatic rings. The number of hydrogen-bond donors (Lipinski definition) is 1.